The number of carbonyl (C=O) groups excluding carboxylic acids is 3. The molecule has 0 aliphatic rings. The molecule has 0 saturated carbocycles. The Balaban J connectivity index is 2.74. The van der Waals surface area contributed by atoms with Gasteiger partial charge in [0, 0.05) is 24.5 Å². The number of nitrogens with one attached hydrogen (secondary N) is 2. The van der Waals surface area contributed by atoms with Gasteiger partial charge in [0.15, 0.2) is 6.61 Å². The van der Waals surface area contributed by atoms with E-state index in [0.717, 1.165) is 23.5 Å². The fourth-order valence-electron chi connectivity index (χ4n) is 2.62. The number of aromatic nitrogens is 1. The molecule has 0 aliphatic heterocycles. The van der Waals surface area contributed by atoms with Gasteiger partial charge < -0.3 is 14.6 Å². The molecule has 0 aromatic carbocycles. The van der Waals surface area contributed by atoms with Gasteiger partial charge in [-0.05, 0) is 43.4 Å². The Kier molecular flexibility index (Phi) is 9.13. The maximum atomic E-state index is 12.2. The number of esters is 1. The van der Waals surface area contributed by atoms with Crippen molar-refractivity contribution in [3.8, 4) is 6.07 Å². The predicted molar refractivity (Wildman–Crippen MR) is 110 cm³/mol. The molecule has 1 aromatic rings. The van der Waals surface area contributed by atoms with Crippen LogP contribution in [0.4, 0.5) is 4.79 Å². The van der Waals surface area contributed by atoms with Gasteiger partial charge in [-0.1, -0.05) is 27.7 Å². The molecule has 8 nitrogen and oxygen atoms in total. The molecule has 0 fully saturated rings. The molecule has 158 valence electrons. The summed E-state index contributed by atoms with van der Waals surface area (Å²) in [7, 11) is 0. The van der Waals surface area contributed by atoms with Crippen LogP contribution in [-0.2, 0) is 20.9 Å². The van der Waals surface area contributed by atoms with Gasteiger partial charge in [-0.15, -0.1) is 0 Å². The monoisotopic (exact) mass is 402 g/mol. The number of imide groups is 1. The van der Waals surface area contributed by atoms with Gasteiger partial charge in [-0.3, -0.25) is 10.1 Å². The average Bonchev–Trinajstić information content (AvgIpc) is 2.89. The Morgan fingerprint density at radius 3 is 2.41 bits per heavy atom. The summed E-state index contributed by atoms with van der Waals surface area (Å²) in [6.45, 7) is 12.5. The smallest absolute Gasteiger partial charge is 0.349 e. The van der Waals surface area contributed by atoms with Gasteiger partial charge in [-0.2, -0.15) is 5.26 Å². The normalized spacial score (nSPS) is 11.3. The Morgan fingerprint density at radius 1 is 1.21 bits per heavy atom. The summed E-state index contributed by atoms with van der Waals surface area (Å²) in [6.07, 6.45) is 1.45. The minimum atomic E-state index is -0.918. The van der Waals surface area contributed by atoms with E-state index in [9.17, 15) is 19.6 Å². The zero-order valence-electron chi connectivity index (χ0n) is 18.0. The summed E-state index contributed by atoms with van der Waals surface area (Å²) >= 11 is 0. The molecule has 8 heteroatoms. The molecule has 1 heterocycles. The van der Waals surface area contributed by atoms with E-state index in [1.807, 2.05) is 39.8 Å². The van der Waals surface area contributed by atoms with Crippen molar-refractivity contribution in [1.82, 2.24) is 15.2 Å². The third kappa shape index (κ3) is 7.82. The summed E-state index contributed by atoms with van der Waals surface area (Å²) in [4.78, 5) is 35.4. The highest BCUT2D eigenvalue weighted by atomic mass is 16.5. The zero-order chi connectivity index (χ0) is 22.1. The lowest BCUT2D eigenvalue weighted by Crippen LogP contribution is -2.42. The number of rotatable bonds is 8. The van der Waals surface area contributed by atoms with Gasteiger partial charge in [-0.25, -0.2) is 9.59 Å². The average molecular weight is 402 g/mol. The molecule has 0 atom stereocenters. The van der Waals surface area contributed by atoms with Crippen molar-refractivity contribution < 1.29 is 19.1 Å². The highest BCUT2D eigenvalue weighted by Crippen LogP contribution is 2.20. The molecular weight excluding hydrogens is 372 g/mol. The van der Waals surface area contributed by atoms with Crippen LogP contribution in [0.5, 0.6) is 0 Å². The summed E-state index contributed by atoms with van der Waals surface area (Å²) in [5, 5.41) is 13.9. The molecule has 0 spiro atoms. The Hall–Kier alpha value is -3.08. The van der Waals surface area contributed by atoms with Crippen LogP contribution in [0.3, 0.4) is 0 Å². The first-order valence-electron chi connectivity index (χ1n) is 9.58. The van der Waals surface area contributed by atoms with Gasteiger partial charge >= 0.3 is 12.0 Å². The van der Waals surface area contributed by atoms with Crippen LogP contribution in [0.2, 0.25) is 0 Å². The zero-order valence-corrected chi connectivity index (χ0v) is 18.0. The number of hydrogen-bond acceptors (Lipinski definition) is 5. The van der Waals surface area contributed by atoms with Crippen molar-refractivity contribution in [3.05, 3.63) is 28.6 Å². The maximum absolute atomic E-state index is 12.2. The third-order valence-electron chi connectivity index (χ3n) is 4.06. The van der Waals surface area contributed by atoms with E-state index in [0.29, 0.717) is 12.5 Å². The topological polar surface area (TPSA) is 113 Å². The minimum absolute atomic E-state index is 0.216. The number of carbonyl (C=O) groups is 3. The second-order valence-electron chi connectivity index (χ2n) is 7.73. The molecule has 0 bridgehead atoms. The molecule has 0 radical (unpaired) electrons. The number of nitrogens with zero attached hydrogens (tertiary/aromatic N) is 2. The van der Waals surface area contributed by atoms with E-state index >= 15 is 0 Å². The standard InChI is InChI=1S/C21H30N4O4/c1-13(2)10-23-21(28)24-19(26)12-29-20(27)18(9-22)8-17-7-15(5)25(16(17)6)11-14(3)4/h7-8,13-14H,10-12H2,1-6H3,(H2,23,24,26,28). The molecule has 1 rings (SSSR count). The molecule has 2 N–H and O–H groups in total. The Labute approximate surface area is 171 Å². The molecule has 0 aliphatic carbocycles. The van der Waals surface area contributed by atoms with E-state index < -0.39 is 24.5 Å². The number of amides is 3. The minimum Gasteiger partial charge on any atom is -0.451 e. The highest BCUT2D eigenvalue weighted by Gasteiger charge is 2.16. The summed E-state index contributed by atoms with van der Waals surface area (Å²) in [6, 6.07) is 3.05. The highest BCUT2D eigenvalue weighted by molar-refractivity contribution is 6.00. The number of hydrogen-bond donors (Lipinski definition) is 2. The van der Waals surface area contributed by atoms with E-state index in [4.69, 9.17) is 4.74 Å². The SMILES string of the molecule is Cc1cc(C=C(C#N)C(=O)OCC(=O)NC(=O)NCC(C)C)c(C)n1CC(C)C. The van der Waals surface area contributed by atoms with Gasteiger partial charge in [0.1, 0.15) is 11.6 Å². The predicted octanol–water partition coefficient (Wildman–Crippen LogP) is 2.69. The van der Waals surface area contributed by atoms with Crippen molar-refractivity contribution in [2.24, 2.45) is 11.8 Å². The van der Waals surface area contributed by atoms with Gasteiger partial charge in [0.25, 0.3) is 5.91 Å². The quantitative estimate of drug-likeness (QED) is 0.394. The first-order valence-corrected chi connectivity index (χ1v) is 9.58. The van der Waals surface area contributed by atoms with Crippen LogP contribution < -0.4 is 10.6 Å². The van der Waals surface area contributed by atoms with Crippen LogP contribution in [0, 0.1) is 37.0 Å². The lowest BCUT2D eigenvalue weighted by atomic mass is 10.1. The summed E-state index contributed by atoms with van der Waals surface area (Å²) < 4.78 is 6.99. The molecule has 1 aromatic heterocycles. The van der Waals surface area contributed by atoms with Crippen molar-refractivity contribution in [1.29, 1.82) is 5.26 Å². The Bertz CT molecular complexity index is 828. The molecular formula is C21H30N4O4. The number of nitriles is 1. The lowest BCUT2D eigenvalue weighted by Gasteiger charge is -2.12. The third-order valence-corrected chi connectivity index (χ3v) is 4.06. The van der Waals surface area contributed by atoms with Gasteiger partial charge in [0.2, 0.25) is 0 Å². The molecule has 3 amide bonds. The fraction of sp³-hybridized carbons (Fsp3) is 0.524. The first kappa shape index (κ1) is 24.0. The van der Waals surface area contributed by atoms with Crippen LogP contribution >= 0.6 is 0 Å². The van der Waals surface area contributed by atoms with Crippen molar-refractivity contribution in [3.63, 3.8) is 0 Å². The van der Waals surface area contributed by atoms with E-state index in [-0.39, 0.29) is 11.5 Å². The number of urea groups is 1. The lowest BCUT2D eigenvalue weighted by molar-refractivity contribution is -0.144. The van der Waals surface area contributed by atoms with Crippen LogP contribution in [0.25, 0.3) is 6.08 Å². The maximum Gasteiger partial charge on any atom is 0.349 e. The second kappa shape index (κ2) is 11.1. The van der Waals surface area contributed by atoms with Crippen LogP contribution in [0.15, 0.2) is 11.6 Å². The summed E-state index contributed by atoms with van der Waals surface area (Å²) in [5.41, 5.74) is 2.50. The van der Waals surface area contributed by atoms with E-state index in [2.05, 4.69) is 29.0 Å². The van der Waals surface area contributed by atoms with Crippen molar-refractivity contribution in [2.45, 2.75) is 48.1 Å². The molecule has 29 heavy (non-hydrogen) atoms. The first-order chi connectivity index (χ1) is 13.5. The van der Waals surface area contributed by atoms with E-state index in [1.165, 1.54) is 6.08 Å². The Morgan fingerprint density at radius 2 is 1.86 bits per heavy atom. The van der Waals surface area contributed by atoms with Crippen LogP contribution in [-0.4, -0.2) is 35.6 Å². The molecule has 0 saturated heterocycles. The van der Waals surface area contributed by atoms with Crippen molar-refractivity contribution in [2.75, 3.05) is 13.2 Å². The summed E-state index contributed by atoms with van der Waals surface area (Å²) in [5.74, 6) is -1.00. The van der Waals surface area contributed by atoms with E-state index in [1.54, 1.807) is 0 Å². The van der Waals surface area contributed by atoms with Gasteiger partial charge in [0.05, 0.1) is 0 Å². The largest absolute Gasteiger partial charge is 0.451 e. The number of aryl methyl sites for hydroxylation is 1. The van der Waals surface area contributed by atoms with Crippen molar-refractivity contribution >= 4 is 24.0 Å². The second-order valence-corrected chi connectivity index (χ2v) is 7.73. The fourth-order valence-corrected chi connectivity index (χ4v) is 2.62. The van der Waals surface area contributed by atoms with Crippen LogP contribution in [0.1, 0.15) is 44.6 Å². The molecule has 0 unspecified atom stereocenters. The number of ether oxygens (including phenoxy) is 1.